The molecule has 0 fully saturated rings. The van der Waals surface area contributed by atoms with Gasteiger partial charge in [-0.25, -0.2) is 5.48 Å². The molecule has 6 nitrogen and oxygen atoms in total. The van der Waals surface area contributed by atoms with Crippen molar-refractivity contribution in [2.45, 2.75) is 31.8 Å². The van der Waals surface area contributed by atoms with Gasteiger partial charge in [-0.15, -0.1) is 0 Å². The molecule has 0 aliphatic carbocycles. The first-order valence-electron chi connectivity index (χ1n) is 4.45. The Labute approximate surface area is 83.5 Å². The van der Waals surface area contributed by atoms with Gasteiger partial charge < -0.3 is 21.4 Å². The van der Waals surface area contributed by atoms with Crippen molar-refractivity contribution in [2.24, 2.45) is 11.5 Å². The van der Waals surface area contributed by atoms with E-state index in [-0.39, 0.29) is 13.2 Å². The van der Waals surface area contributed by atoms with Crippen LogP contribution in [0.25, 0.3) is 0 Å². The van der Waals surface area contributed by atoms with E-state index in [4.69, 9.17) is 21.4 Å². The van der Waals surface area contributed by atoms with Gasteiger partial charge in [0, 0.05) is 5.54 Å². The van der Waals surface area contributed by atoms with E-state index in [1.54, 1.807) is 13.8 Å². The van der Waals surface area contributed by atoms with Gasteiger partial charge in [-0.3, -0.25) is 4.79 Å². The molecule has 0 rings (SSSR count). The molecule has 6 N–H and O–H groups in total. The summed E-state index contributed by atoms with van der Waals surface area (Å²) in [6.45, 7) is 3.85. The van der Waals surface area contributed by atoms with Crippen LogP contribution in [-0.4, -0.2) is 35.9 Å². The monoisotopic (exact) mass is 205 g/mol. The summed E-state index contributed by atoms with van der Waals surface area (Å²) in [6, 6.07) is -0.714. The molecule has 1 atom stereocenters. The second-order valence-electron chi connectivity index (χ2n) is 3.87. The summed E-state index contributed by atoms with van der Waals surface area (Å²) in [5.74, 6) is -0.501. The Kier molecular flexibility index (Phi) is 5.63. The number of rotatable bonds is 6. The van der Waals surface area contributed by atoms with Gasteiger partial charge in [0.15, 0.2) is 0 Å². The normalized spacial score (nSPS) is 13.8. The molecule has 0 aliphatic heterocycles. The predicted octanol–water partition coefficient (Wildman–Crippen LogP) is -1.04. The lowest BCUT2D eigenvalue weighted by Crippen LogP contribution is -2.44. The van der Waals surface area contributed by atoms with Crippen LogP contribution in [0, 0.1) is 0 Å². The average molecular weight is 205 g/mol. The van der Waals surface area contributed by atoms with Crippen molar-refractivity contribution in [1.82, 2.24) is 5.48 Å². The van der Waals surface area contributed by atoms with Gasteiger partial charge in [-0.1, -0.05) is 0 Å². The number of hydrogen-bond donors (Lipinski definition) is 4. The fraction of sp³-hybridized carbons (Fsp3) is 0.875. The van der Waals surface area contributed by atoms with Crippen LogP contribution in [-0.2, 0) is 9.53 Å². The van der Waals surface area contributed by atoms with E-state index in [2.05, 4.69) is 0 Å². The highest BCUT2D eigenvalue weighted by Gasteiger charge is 2.22. The maximum Gasteiger partial charge on any atom is 0.323 e. The molecule has 0 heterocycles. The van der Waals surface area contributed by atoms with E-state index in [1.165, 1.54) is 0 Å². The van der Waals surface area contributed by atoms with Crippen molar-refractivity contribution in [3.05, 3.63) is 0 Å². The molecule has 1 unspecified atom stereocenters. The number of nitrogens with one attached hydrogen (secondary N) is 1. The Hall–Kier alpha value is -0.690. The summed E-state index contributed by atoms with van der Waals surface area (Å²) < 4.78 is 4.75. The van der Waals surface area contributed by atoms with E-state index in [1.807, 2.05) is 5.48 Å². The van der Waals surface area contributed by atoms with Gasteiger partial charge in [-0.05, 0) is 20.3 Å². The number of esters is 1. The van der Waals surface area contributed by atoms with Crippen molar-refractivity contribution in [2.75, 3.05) is 13.2 Å². The molecule has 6 heteroatoms. The summed E-state index contributed by atoms with van der Waals surface area (Å²) in [5, 5.41) is 8.21. The largest absolute Gasteiger partial charge is 0.463 e. The zero-order valence-electron chi connectivity index (χ0n) is 8.62. The zero-order valence-corrected chi connectivity index (χ0v) is 8.62. The summed E-state index contributed by atoms with van der Waals surface area (Å²) in [7, 11) is 0. The van der Waals surface area contributed by atoms with Crippen LogP contribution in [0.15, 0.2) is 0 Å². The molecular weight excluding hydrogens is 186 g/mol. The highest BCUT2D eigenvalue weighted by molar-refractivity contribution is 5.75. The Morgan fingerprint density at radius 3 is 2.64 bits per heavy atom. The van der Waals surface area contributed by atoms with Gasteiger partial charge in [0.2, 0.25) is 0 Å². The van der Waals surface area contributed by atoms with Crippen LogP contribution in [0.4, 0.5) is 0 Å². The first-order chi connectivity index (χ1) is 6.37. The van der Waals surface area contributed by atoms with Crippen molar-refractivity contribution in [3.63, 3.8) is 0 Å². The Balaban J connectivity index is 3.77. The lowest BCUT2D eigenvalue weighted by molar-refractivity contribution is -0.145. The standard InChI is InChI=1S/C8H19N3O3/c1-8(2,10)5-6(9)7(12)14-4-3-11-13/h6,11,13H,3-5,9-10H2,1-2H3. The first-order valence-corrected chi connectivity index (χ1v) is 4.45. The third kappa shape index (κ3) is 6.79. The molecule has 14 heavy (non-hydrogen) atoms. The Bertz CT molecular complexity index is 179. The maximum absolute atomic E-state index is 11.2. The Morgan fingerprint density at radius 1 is 1.64 bits per heavy atom. The van der Waals surface area contributed by atoms with Crippen LogP contribution in [0.2, 0.25) is 0 Å². The average Bonchev–Trinajstić information content (AvgIpc) is 2.01. The molecule has 0 spiro atoms. The highest BCUT2D eigenvalue weighted by atomic mass is 16.5. The van der Waals surface area contributed by atoms with E-state index in [0.29, 0.717) is 6.42 Å². The van der Waals surface area contributed by atoms with Gasteiger partial charge in [0.1, 0.15) is 12.6 Å². The minimum absolute atomic E-state index is 0.0913. The van der Waals surface area contributed by atoms with Gasteiger partial charge in [-0.2, -0.15) is 0 Å². The molecule has 0 bridgehead atoms. The van der Waals surface area contributed by atoms with Crippen molar-refractivity contribution in [3.8, 4) is 0 Å². The summed E-state index contributed by atoms with van der Waals surface area (Å²) in [6.07, 6.45) is 0.360. The van der Waals surface area contributed by atoms with E-state index >= 15 is 0 Å². The molecule has 0 saturated carbocycles. The van der Waals surface area contributed by atoms with Gasteiger partial charge in [0.05, 0.1) is 6.54 Å². The second kappa shape index (κ2) is 5.92. The Morgan fingerprint density at radius 2 is 2.21 bits per heavy atom. The molecule has 0 radical (unpaired) electrons. The summed E-state index contributed by atoms with van der Waals surface area (Å²) in [5.41, 5.74) is 12.6. The molecule has 0 aromatic carbocycles. The predicted molar refractivity (Wildman–Crippen MR) is 51.6 cm³/mol. The third-order valence-corrected chi connectivity index (χ3v) is 1.51. The van der Waals surface area contributed by atoms with Crippen LogP contribution in [0.3, 0.4) is 0 Å². The van der Waals surface area contributed by atoms with E-state index in [0.717, 1.165) is 0 Å². The number of hydroxylamine groups is 1. The first kappa shape index (κ1) is 13.3. The van der Waals surface area contributed by atoms with Crippen LogP contribution < -0.4 is 16.9 Å². The SMILES string of the molecule is CC(C)(N)CC(N)C(=O)OCCNO. The van der Waals surface area contributed by atoms with Crippen LogP contribution >= 0.6 is 0 Å². The van der Waals surface area contributed by atoms with Gasteiger partial charge >= 0.3 is 5.97 Å². The molecule has 0 aliphatic rings. The van der Waals surface area contributed by atoms with Crippen LogP contribution in [0.5, 0.6) is 0 Å². The lowest BCUT2D eigenvalue weighted by Gasteiger charge is -2.21. The number of nitrogens with two attached hydrogens (primary N) is 2. The summed E-state index contributed by atoms with van der Waals surface area (Å²) in [4.78, 5) is 11.2. The number of carbonyl (C=O) groups excluding carboxylic acids is 1. The maximum atomic E-state index is 11.2. The molecule has 84 valence electrons. The van der Waals surface area contributed by atoms with Gasteiger partial charge in [0.25, 0.3) is 0 Å². The number of hydrogen-bond acceptors (Lipinski definition) is 6. The third-order valence-electron chi connectivity index (χ3n) is 1.51. The highest BCUT2D eigenvalue weighted by Crippen LogP contribution is 2.06. The van der Waals surface area contributed by atoms with Crippen molar-refractivity contribution < 1.29 is 14.7 Å². The lowest BCUT2D eigenvalue weighted by atomic mass is 9.97. The zero-order chi connectivity index (χ0) is 11.2. The minimum atomic E-state index is -0.714. The number of ether oxygens (including phenoxy) is 1. The molecule has 0 saturated heterocycles. The van der Waals surface area contributed by atoms with Crippen molar-refractivity contribution >= 4 is 5.97 Å². The molecule has 0 amide bonds. The quantitative estimate of drug-likeness (QED) is 0.250. The second-order valence-corrected chi connectivity index (χ2v) is 3.87. The summed E-state index contributed by atoms with van der Waals surface area (Å²) >= 11 is 0. The molecule has 0 aromatic rings. The van der Waals surface area contributed by atoms with E-state index in [9.17, 15) is 4.79 Å². The molecular formula is C8H19N3O3. The molecule has 0 aromatic heterocycles. The fourth-order valence-electron chi connectivity index (χ4n) is 0.954. The van der Waals surface area contributed by atoms with Crippen LogP contribution in [0.1, 0.15) is 20.3 Å². The number of carbonyl (C=O) groups is 1. The van der Waals surface area contributed by atoms with E-state index < -0.39 is 17.6 Å². The fourth-order valence-corrected chi connectivity index (χ4v) is 0.954. The smallest absolute Gasteiger partial charge is 0.323 e. The van der Waals surface area contributed by atoms with Crippen molar-refractivity contribution in [1.29, 1.82) is 0 Å². The topological polar surface area (TPSA) is 111 Å². The minimum Gasteiger partial charge on any atom is -0.463 e.